The second-order valence-electron chi connectivity index (χ2n) is 3.78. The third-order valence-electron chi connectivity index (χ3n) is 2.61. The van der Waals surface area contributed by atoms with Crippen molar-refractivity contribution in [2.24, 2.45) is 0 Å². The van der Waals surface area contributed by atoms with E-state index in [0.29, 0.717) is 10.1 Å². The molecule has 0 amide bonds. The van der Waals surface area contributed by atoms with Gasteiger partial charge in [0, 0.05) is 0 Å². The number of nitrogens with one attached hydrogen (secondary N) is 1. The normalized spacial score (nSPS) is 10.2. The van der Waals surface area contributed by atoms with Crippen LogP contribution in [0.5, 0.6) is 0 Å². The first kappa shape index (κ1) is 13.1. The van der Waals surface area contributed by atoms with Crippen LogP contribution in [0.4, 0.5) is 4.39 Å². The van der Waals surface area contributed by atoms with E-state index in [-0.39, 0.29) is 11.3 Å². The van der Waals surface area contributed by atoms with E-state index in [1.165, 1.54) is 6.07 Å². The molecule has 96 valence electrons. The number of aryl methyl sites for hydroxylation is 1. The minimum absolute atomic E-state index is 0.0179. The Morgan fingerprint density at radius 2 is 2.11 bits per heavy atom. The summed E-state index contributed by atoms with van der Waals surface area (Å²) in [5.74, 6) is -1.27. The molecule has 1 heterocycles. The Hall–Kier alpha value is -2.39. The van der Waals surface area contributed by atoms with Gasteiger partial charge in [-0.3, -0.25) is 9.78 Å². The van der Waals surface area contributed by atoms with E-state index in [2.05, 4.69) is 0 Å². The Balaban J connectivity index is 2.94. The molecule has 2 rings (SSSR count). The Bertz CT molecular complexity index is 817. The van der Waals surface area contributed by atoms with E-state index in [1.807, 2.05) is 11.1 Å². The first-order valence-corrected chi connectivity index (χ1v) is 5.55. The SMILES string of the molecule is Cc1cccc(-n2c(=O)[nH]c(Cl)c(F)c2=O)c1C#N. The van der Waals surface area contributed by atoms with Gasteiger partial charge in [-0.2, -0.15) is 9.65 Å². The zero-order valence-electron chi connectivity index (χ0n) is 9.70. The van der Waals surface area contributed by atoms with Gasteiger partial charge < -0.3 is 0 Å². The lowest BCUT2D eigenvalue weighted by Gasteiger charge is -2.08. The lowest BCUT2D eigenvalue weighted by Crippen LogP contribution is -2.36. The molecule has 0 atom stereocenters. The average Bonchev–Trinajstić information content (AvgIpc) is 2.36. The summed E-state index contributed by atoms with van der Waals surface area (Å²) in [6.45, 7) is 1.65. The van der Waals surface area contributed by atoms with E-state index in [4.69, 9.17) is 16.9 Å². The fourth-order valence-corrected chi connectivity index (χ4v) is 1.85. The number of halogens is 2. The monoisotopic (exact) mass is 279 g/mol. The molecule has 0 radical (unpaired) electrons. The molecule has 5 nitrogen and oxygen atoms in total. The zero-order chi connectivity index (χ0) is 14.2. The largest absolute Gasteiger partial charge is 0.334 e. The molecule has 1 aromatic heterocycles. The van der Waals surface area contributed by atoms with Gasteiger partial charge in [0.2, 0.25) is 5.82 Å². The van der Waals surface area contributed by atoms with Crippen LogP contribution in [0, 0.1) is 24.1 Å². The second kappa shape index (κ2) is 4.71. The molecule has 0 saturated heterocycles. The van der Waals surface area contributed by atoms with Crippen molar-refractivity contribution in [2.75, 3.05) is 0 Å². The minimum atomic E-state index is -1.27. The molecule has 0 unspecified atom stereocenters. The standard InChI is InChI=1S/C12H7ClFN3O2/c1-6-3-2-4-8(7(6)5-15)17-11(18)9(14)10(13)16-12(17)19/h2-4H,1H3,(H,16,19). The van der Waals surface area contributed by atoms with Crippen LogP contribution in [-0.2, 0) is 0 Å². The number of benzene rings is 1. The van der Waals surface area contributed by atoms with Crippen LogP contribution in [-0.4, -0.2) is 9.55 Å². The molecular weight excluding hydrogens is 273 g/mol. The van der Waals surface area contributed by atoms with Crippen LogP contribution >= 0.6 is 11.6 Å². The lowest BCUT2D eigenvalue weighted by atomic mass is 10.1. The van der Waals surface area contributed by atoms with Crippen LogP contribution in [0.3, 0.4) is 0 Å². The van der Waals surface area contributed by atoms with Crippen molar-refractivity contribution in [2.45, 2.75) is 6.92 Å². The van der Waals surface area contributed by atoms with Crippen molar-refractivity contribution in [1.82, 2.24) is 9.55 Å². The summed E-state index contributed by atoms with van der Waals surface area (Å²) in [6.07, 6.45) is 0. The van der Waals surface area contributed by atoms with Gasteiger partial charge in [-0.15, -0.1) is 0 Å². The van der Waals surface area contributed by atoms with E-state index in [9.17, 15) is 14.0 Å². The van der Waals surface area contributed by atoms with Gasteiger partial charge in [0.1, 0.15) is 6.07 Å². The first-order valence-electron chi connectivity index (χ1n) is 5.17. The Morgan fingerprint density at radius 1 is 1.42 bits per heavy atom. The summed E-state index contributed by atoms with van der Waals surface area (Å²) in [7, 11) is 0. The van der Waals surface area contributed by atoms with Crippen molar-refractivity contribution < 1.29 is 4.39 Å². The molecule has 0 fully saturated rings. The van der Waals surface area contributed by atoms with Crippen LogP contribution in [0.15, 0.2) is 27.8 Å². The number of rotatable bonds is 1. The van der Waals surface area contributed by atoms with E-state index in [1.54, 1.807) is 19.1 Å². The van der Waals surface area contributed by atoms with Gasteiger partial charge >= 0.3 is 5.69 Å². The summed E-state index contributed by atoms with van der Waals surface area (Å²) in [4.78, 5) is 25.5. The lowest BCUT2D eigenvalue weighted by molar-refractivity contribution is 0.584. The molecular formula is C12H7ClFN3O2. The van der Waals surface area contributed by atoms with E-state index >= 15 is 0 Å². The maximum atomic E-state index is 13.5. The molecule has 0 bridgehead atoms. The van der Waals surface area contributed by atoms with Gasteiger partial charge in [0.15, 0.2) is 5.15 Å². The number of hydrogen-bond acceptors (Lipinski definition) is 3. The van der Waals surface area contributed by atoms with Gasteiger partial charge in [-0.05, 0) is 18.6 Å². The number of H-pyrrole nitrogens is 1. The molecule has 7 heteroatoms. The predicted octanol–water partition coefficient (Wildman–Crippen LogP) is 1.50. The Morgan fingerprint density at radius 3 is 2.74 bits per heavy atom. The molecule has 0 aliphatic rings. The maximum absolute atomic E-state index is 13.5. The molecule has 19 heavy (non-hydrogen) atoms. The van der Waals surface area contributed by atoms with Crippen molar-refractivity contribution in [3.8, 4) is 11.8 Å². The van der Waals surface area contributed by atoms with Crippen LogP contribution in [0.1, 0.15) is 11.1 Å². The Kier molecular flexibility index (Phi) is 3.23. The molecule has 0 saturated carbocycles. The third kappa shape index (κ3) is 2.04. The zero-order valence-corrected chi connectivity index (χ0v) is 10.5. The molecule has 1 N–H and O–H groups in total. The topological polar surface area (TPSA) is 78.7 Å². The fourth-order valence-electron chi connectivity index (χ4n) is 1.69. The van der Waals surface area contributed by atoms with Gasteiger partial charge in [0.05, 0.1) is 11.3 Å². The number of aromatic amines is 1. The van der Waals surface area contributed by atoms with Crippen molar-refractivity contribution >= 4 is 11.6 Å². The molecule has 0 aliphatic heterocycles. The van der Waals surface area contributed by atoms with Gasteiger partial charge in [0.25, 0.3) is 5.56 Å². The molecule has 2 aromatic rings. The van der Waals surface area contributed by atoms with Gasteiger partial charge in [-0.25, -0.2) is 9.36 Å². The minimum Gasteiger partial charge on any atom is -0.295 e. The summed E-state index contributed by atoms with van der Waals surface area (Å²) in [6, 6.07) is 6.47. The van der Waals surface area contributed by atoms with Crippen LogP contribution in [0.25, 0.3) is 5.69 Å². The fraction of sp³-hybridized carbons (Fsp3) is 0.0833. The number of nitrogens with zero attached hydrogens (tertiary/aromatic N) is 2. The quantitative estimate of drug-likeness (QED) is 0.804. The average molecular weight is 280 g/mol. The summed E-state index contributed by atoms with van der Waals surface area (Å²) >= 11 is 5.37. The highest BCUT2D eigenvalue weighted by Crippen LogP contribution is 2.15. The van der Waals surface area contributed by atoms with Crippen molar-refractivity contribution in [3.05, 3.63) is 61.1 Å². The Labute approximate surface area is 111 Å². The molecule has 0 spiro atoms. The number of nitriles is 1. The maximum Gasteiger partial charge on any atom is 0.334 e. The summed E-state index contributed by atoms with van der Waals surface area (Å²) in [5, 5.41) is 8.41. The van der Waals surface area contributed by atoms with E-state index < -0.39 is 22.2 Å². The van der Waals surface area contributed by atoms with Crippen molar-refractivity contribution in [1.29, 1.82) is 5.26 Å². The second-order valence-corrected chi connectivity index (χ2v) is 4.16. The molecule has 0 aliphatic carbocycles. The number of aromatic nitrogens is 2. The van der Waals surface area contributed by atoms with Gasteiger partial charge in [-0.1, -0.05) is 23.7 Å². The van der Waals surface area contributed by atoms with E-state index in [0.717, 1.165) is 0 Å². The highest BCUT2D eigenvalue weighted by atomic mass is 35.5. The summed E-state index contributed by atoms with van der Waals surface area (Å²) in [5.41, 5.74) is -1.39. The number of hydrogen-bond donors (Lipinski definition) is 1. The van der Waals surface area contributed by atoms with Crippen LogP contribution < -0.4 is 11.2 Å². The van der Waals surface area contributed by atoms with Crippen molar-refractivity contribution in [3.63, 3.8) is 0 Å². The summed E-state index contributed by atoms with van der Waals surface area (Å²) < 4.78 is 14.0. The smallest absolute Gasteiger partial charge is 0.295 e. The first-order chi connectivity index (χ1) is 8.97. The highest BCUT2D eigenvalue weighted by molar-refractivity contribution is 6.29. The van der Waals surface area contributed by atoms with Crippen LogP contribution in [0.2, 0.25) is 5.15 Å². The third-order valence-corrected chi connectivity index (χ3v) is 2.87. The predicted molar refractivity (Wildman–Crippen MR) is 67.1 cm³/mol. The molecule has 1 aromatic carbocycles. The highest BCUT2D eigenvalue weighted by Gasteiger charge is 2.16.